The molecule has 2 heterocycles. The van der Waals surface area contributed by atoms with Crippen LogP contribution in [0.3, 0.4) is 0 Å². The van der Waals surface area contributed by atoms with Crippen LogP contribution >= 0.6 is 0 Å². The molecule has 4 rings (SSSR count). The summed E-state index contributed by atoms with van der Waals surface area (Å²) in [5.74, 6) is 0.374. The van der Waals surface area contributed by atoms with Crippen LogP contribution in [0.2, 0.25) is 0 Å². The molecule has 0 aliphatic rings. The SMILES string of the molecule is O=c1[nH]ccc2c(-c3ccc(C(F)(F)F)cc3)cnc(Nc3ccccc3)c12. The van der Waals surface area contributed by atoms with E-state index in [9.17, 15) is 18.0 Å². The summed E-state index contributed by atoms with van der Waals surface area (Å²) in [6.45, 7) is 0. The number of aromatic nitrogens is 2. The van der Waals surface area contributed by atoms with Crippen LogP contribution in [0.4, 0.5) is 24.7 Å². The number of alkyl halides is 3. The Balaban J connectivity index is 1.84. The van der Waals surface area contributed by atoms with Gasteiger partial charge in [-0.1, -0.05) is 30.3 Å². The smallest absolute Gasteiger partial charge is 0.340 e. The van der Waals surface area contributed by atoms with E-state index < -0.39 is 11.7 Å². The van der Waals surface area contributed by atoms with Crippen LogP contribution in [0.15, 0.2) is 77.9 Å². The zero-order chi connectivity index (χ0) is 19.7. The molecule has 0 saturated heterocycles. The Morgan fingerprint density at radius 1 is 0.929 bits per heavy atom. The van der Waals surface area contributed by atoms with E-state index in [4.69, 9.17) is 0 Å². The first kappa shape index (κ1) is 17.8. The van der Waals surface area contributed by atoms with Crippen LogP contribution in [0.25, 0.3) is 21.9 Å². The number of benzene rings is 2. The fourth-order valence-electron chi connectivity index (χ4n) is 3.02. The molecule has 4 nitrogen and oxygen atoms in total. The molecule has 2 aromatic carbocycles. The first-order valence-electron chi connectivity index (χ1n) is 8.43. The first-order valence-corrected chi connectivity index (χ1v) is 8.43. The van der Waals surface area contributed by atoms with E-state index in [1.54, 1.807) is 12.3 Å². The number of para-hydroxylation sites is 1. The van der Waals surface area contributed by atoms with E-state index in [0.29, 0.717) is 27.7 Å². The molecule has 28 heavy (non-hydrogen) atoms. The predicted octanol–water partition coefficient (Wildman–Crippen LogP) is 5.35. The molecule has 0 fully saturated rings. The number of hydrogen-bond acceptors (Lipinski definition) is 3. The number of hydrogen-bond donors (Lipinski definition) is 2. The van der Waals surface area contributed by atoms with Crippen LogP contribution in [-0.4, -0.2) is 9.97 Å². The lowest BCUT2D eigenvalue weighted by atomic mass is 10.0. The third-order valence-electron chi connectivity index (χ3n) is 4.37. The summed E-state index contributed by atoms with van der Waals surface area (Å²) in [4.78, 5) is 19.5. The highest BCUT2D eigenvalue weighted by atomic mass is 19.4. The zero-order valence-corrected chi connectivity index (χ0v) is 14.4. The van der Waals surface area contributed by atoms with Gasteiger partial charge < -0.3 is 10.3 Å². The Morgan fingerprint density at radius 2 is 1.64 bits per heavy atom. The molecule has 0 saturated carbocycles. The van der Waals surface area contributed by atoms with Gasteiger partial charge in [0, 0.05) is 29.0 Å². The van der Waals surface area contributed by atoms with Gasteiger partial charge in [0.05, 0.1) is 10.9 Å². The molecule has 7 heteroatoms. The summed E-state index contributed by atoms with van der Waals surface area (Å²) in [6.07, 6.45) is -1.35. The minimum absolute atomic E-state index is 0.336. The second-order valence-electron chi connectivity index (χ2n) is 6.18. The molecule has 0 atom stereocenters. The van der Waals surface area contributed by atoms with Gasteiger partial charge in [-0.3, -0.25) is 4.79 Å². The summed E-state index contributed by atoms with van der Waals surface area (Å²) >= 11 is 0. The maximum absolute atomic E-state index is 12.8. The number of H-pyrrole nitrogens is 1. The Morgan fingerprint density at radius 3 is 2.32 bits per heavy atom. The van der Waals surface area contributed by atoms with E-state index in [-0.39, 0.29) is 5.56 Å². The first-order chi connectivity index (χ1) is 13.4. The lowest BCUT2D eigenvalue weighted by molar-refractivity contribution is -0.137. The third kappa shape index (κ3) is 3.34. The standard InChI is InChI=1S/C21H14F3N3O/c22-21(23,24)14-8-6-13(7-9-14)17-12-26-19(27-15-4-2-1-3-5-15)18-16(17)10-11-25-20(18)28/h1-12H,(H,25,28)(H,26,27). The summed E-state index contributed by atoms with van der Waals surface area (Å²) in [7, 11) is 0. The molecule has 0 aliphatic carbocycles. The maximum atomic E-state index is 12.8. The van der Waals surface area contributed by atoms with Crippen molar-refractivity contribution in [2.75, 3.05) is 5.32 Å². The van der Waals surface area contributed by atoms with Crippen LogP contribution < -0.4 is 10.9 Å². The van der Waals surface area contributed by atoms with E-state index >= 15 is 0 Å². The number of nitrogens with one attached hydrogen (secondary N) is 2. The van der Waals surface area contributed by atoms with Crippen LogP contribution in [0.5, 0.6) is 0 Å². The molecule has 0 bridgehead atoms. The highest BCUT2D eigenvalue weighted by Gasteiger charge is 2.30. The molecule has 0 unspecified atom stereocenters. The normalized spacial score (nSPS) is 11.5. The number of halogens is 3. The number of nitrogens with zero attached hydrogens (tertiary/aromatic N) is 1. The second kappa shape index (κ2) is 6.84. The van der Waals surface area contributed by atoms with E-state index in [2.05, 4.69) is 15.3 Å². The highest BCUT2D eigenvalue weighted by Crippen LogP contribution is 2.34. The molecule has 140 valence electrons. The summed E-state index contributed by atoms with van der Waals surface area (Å²) < 4.78 is 38.5. The molecule has 0 radical (unpaired) electrons. The molecule has 2 aromatic heterocycles. The lowest BCUT2D eigenvalue weighted by Crippen LogP contribution is -2.09. The number of aromatic amines is 1. The minimum Gasteiger partial charge on any atom is -0.340 e. The average Bonchev–Trinajstić information content (AvgIpc) is 2.68. The Kier molecular flexibility index (Phi) is 4.35. The quantitative estimate of drug-likeness (QED) is 0.503. The summed E-state index contributed by atoms with van der Waals surface area (Å²) in [5.41, 5.74) is 0.823. The van der Waals surface area contributed by atoms with Gasteiger partial charge in [-0.15, -0.1) is 0 Å². The van der Waals surface area contributed by atoms with Crippen molar-refractivity contribution in [3.8, 4) is 11.1 Å². The lowest BCUT2D eigenvalue weighted by Gasteiger charge is -2.12. The number of anilines is 2. The van der Waals surface area contributed by atoms with Crippen molar-refractivity contribution >= 4 is 22.3 Å². The van der Waals surface area contributed by atoms with Crippen LogP contribution in [-0.2, 0) is 6.18 Å². The molecular formula is C21H14F3N3O. The number of pyridine rings is 2. The van der Waals surface area contributed by atoms with Crippen molar-refractivity contribution in [1.82, 2.24) is 9.97 Å². The van der Waals surface area contributed by atoms with Gasteiger partial charge in [-0.05, 0) is 35.9 Å². The fraction of sp³-hybridized carbons (Fsp3) is 0.0476. The zero-order valence-electron chi connectivity index (χ0n) is 14.4. The Labute approximate surface area is 157 Å². The van der Waals surface area contributed by atoms with Gasteiger partial charge in [0.15, 0.2) is 0 Å². The molecule has 0 spiro atoms. The summed E-state index contributed by atoms with van der Waals surface area (Å²) in [5, 5.41) is 4.05. The van der Waals surface area contributed by atoms with Crippen molar-refractivity contribution < 1.29 is 13.2 Å². The van der Waals surface area contributed by atoms with E-state index in [1.807, 2.05) is 30.3 Å². The van der Waals surface area contributed by atoms with E-state index in [0.717, 1.165) is 17.8 Å². The largest absolute Gasteiger partial charge is 0.416 e. The Bertz CT molecular complexity index is 1180. The summed E-state index contributed by atoms with van der Waals surface area (Å²) in [6, 6.07) is 15.8. The number of fused-ring (bicyclic) bond motifs is 1. The number of rotatable bonds is 3. The van der Waals surface area contributed by atoms with E-state index in [1.165, 1.54) is 18.3 Å². The van der Waals surface area contributed by atoms with Gasteiger partial charge in [-0.2, -0.15) is 13.2 Å². The van der Waals surface area contributed by atoms with Gasteiger partial charge in [0.25, 0.3) is 5.56 Å². The molecular weight excluding hydrogens is 367 g/mol. The van der Waals surface area contributed by atoms with Crippen molar-refractivity contribution in [1.29, 1.82) is 0 Å². The maximum Gasteiger partial charge on any atom is 0.416 e. The van der Waals surface area contributed by atoms with Crippen molar-refractivity contribution in [2.45, 2.75) is 6.18 Å². The molecule has 0 aliphatic heterocycles. The minimum atomic E-state index is -4.40. The third-order valence-corrected chi connectivity index (χ3v) is 4.37. The van der Waals surface area contributed by atoms with Gasteiger partial charge in [0.1, 0.15) is 5.82 Å². The van der Waals surface area contributed by atoms with Crippen LogP contribution in [0.1, 0.15) is 5.56 Å². The van der Waals surface area contributed by atoms with Crippen LogP contribution in [0, 0.1) is 0 Å². The fourth-order valence-corrected chi connectivity index (χ4v) is 3.02. The second-order valence-corrected chi connectivity index (χ2v) is 6.18. The van der Waals surface area contributed by atoms with Gasteiger partial charge in [-0.25, -0.2) is 4.98 Å². The van der Waals surface area contributed by atoms with Crippen molar-refractivity contribution in [2.24, 2.45) is 0 Å². The van der Waals surface area contributed by atoms with Crippen molar-refractivity contribution in [3.05, 3.63) is 89.0 Å². The predicted molar refractivity (Wildman–Crippen MR) is 103 cm³/mol. The molecule has 4 aromatic rings. The average molecular weight is 381 g/mol. The van der Waals surface area contributed by atoms with Gasteiger partial charge >= 0.3 is 6.18 Å². The molecule has 0 amide bonds. The van der Waals surface area contributed by atoms with Crippen molar-refractivity contribution in [3.63, 3.8) is 0 Å². The Hall–Kier alpha value is -3.61. The highest BCUT2D eigenvalue weighted by molar-refractivity contribution is 6.01. The van der Waals surface area contributed by atoms with Gasteiger partial charge in [0.2, 0.25) is 0 Å². The topological polar surface area (TPSA) is 57.8 Å². The molecule has 2 N–H and O–H groups in total. The monoisotopic (exact) mass is 381 g/mol.